The van der Waals surface area contributed by atoms with Gasteiger partial charge in [0.2, 0.25) is 5.91 Å². The van der Waals surface area contributed by atoms with Crippen LogP contribution in [0.5, 0.6) is 0 Å². The van der Waals surface area contributed by atoms with Crippen LogP contribution >= 0.6 is 0 Å². The van der Waals surface area contributed by atoms with Crippen molar-refractivity contribution in [3.8, 4) is 0 Å². The Bertz CT molecular complexity index is 201. The van der Waals surface area contributed by atoms with Gasteiger partial charge in [0.25, 0.3) is 0 Å². The maximum absolute atomic E-state index is 11.6. The topological polar surface area (TPSA) is 70.6 Å². The number of aliphatic hydroxyl groups excluding tert-OH is 1. The first-order valence-electron chi connectivity index (χ1n) is 6.83. The molecule has 1 unspecified atom stereocenters. The maximum atomic E-state index is 11.6. The number of nitrogens with one attached hydrogen (secondary N) is 2. The first kappa shape index (κ1) is 17.4. The number of rotatable bonds is 12. The van der Waals surface area contributed by atoms with Crippen LogP contribution in [0.4, 0.5) is 0 Å². The van der Waals surface area contributed by atoms with Gasteiger partial charge in [-0.25, -0.2) is 0 Å². The quantitative estimate of drug-likeness (QED) is 0.451. The molecule has 0 aromatic rings. The smallest absolute Gasteiger partial charge is 0.236 e. The average Bonchev–Trinajstić information content (AvgIpc) is 2.38. The molecule has 0 aromatic heterocycles. The highest BCUT2D eigenvalue weighted by Gasteiger charge is 2.10. The highest BCUT2D eigenvalue weighted by molar-refractivity contribution is 5.81. The van der Waals surface area contributed by atoms with E-state index in [1.54, 1.807) is 7.11 Å². The van der Waals surface area contributed by atoms with Gasteiger partial charge in [-0.3, -0.25) is 4.79 Å². The third-order valence-electron chi connectivity index (χ3n) is 2.75. The number of ether oxygens (including phenoxy) is 1. The van der Waals surface area contributed by atoms with Crippen molar-refractivity contribution < 1.29 is 14.6 Å². The third-order valence-corrected chi connectivity index (χ3v) is 2.75. The SMILES string of the molecule is COCCCNC(=O)C(C)NCCCCCCO. The number of aliphatic hydroxyl groups is 1. The zero-order chi connectivity index (χ0) is 13.6. The number of hydrogen-bond donors (Lipinski definition) is 3. The molecule has 0 aliphatic heterocycles. The average molecular weight is 260 g/mol. The van der Waals surface area contributed by atoms with Gasteiger partial charge in [-0.2, -0.15) is 0 Å². The molecular weight excluding hydrogens is 232 g/mol. The first-order valence-corrected chi connectivity index (χ1v) is 6.83. The van der Waals surface area contributed by atoms with Crippen molar-refractivity contribution in [1.82, 2.24) is 10.6 Å². The number of unbranched alkanes of at least 4 members (excludes halogenated alkanes) is 3. The lowest BCUT2D eigenvalue weighted by Crippen LogP contribution is -2.42. The van der Waals surface area contributed by atoms with Gasteiger partial charge in [0, 0.05) is 26.9 Å². The summed E-state index contributed by atoms with van der Waals surface area (Å²) < 4.78 is 4.91. The van der Waals surface area contributed by atoms with Crippen LogP contribution in [0.2, 0.25) is 0 Å². The molecule has 1 amide bonds. The molecule has 0 radical (unpaired) electrons. The van der Waals surface area contributed by atoms with Gasteiger partial charge in [0.15, 0.2) is 0 Å². The molecular formula is C13H28N2O3. The van der Waals surface area contributed by atoms with Gasteiger partial charge in [-0.15, -0.1) is 0 Å². The van der Waals surface area contributed by atoms with Crippen molar-refractivity contribution in [2.75, 3.05) is 33.4 Å². The molecule has 3 N–H and O–H groups in total. The molecule has 0 aromatic carbocycles. The molecule has 18 heavy (non-hydrogen) atoms. The Labute approximate surface area is 110 Å². The standard InChI is InChI=1S/C13H28N2O3/c1-12(13(17)15-9-7-11-18-2)14-8-5-3-4-6-10-16/h12,14,16H,3-11H2,1-2H3,(H,15,17). The van der Waals surface area contributed by atoms with Gasteiger partial charge >= 0.3 is 0 Å². The Morgan fingerprint density at radius 2 is 1.89 bits per heavy atom. The van der Waals surface area contributed by atoms with Crippen molar-refractivity contribution in [2.45, 2.75) is 45.1 Å². The molecule has 5 nitrogen and oxygen atoms in total. The van der Waals surface area contributed by atoms with Crippen LogP contribution < -0.4 is 10.6 Å². The first-order chi connectivity index (χ1) is 8.72. The summed E-state index contributed by atoms with van der Waals surface area (Å²) in [6.07, 6.45) is 4.90. The summed E-state index contributed by atoms with van der Waals surface area (Å²) in [4.78, 5) is 11.6. The van der Waals surface area contributed by atoms with Crippen molar-refractivity contribution in [1.29, 1.82) is 0 Å². The number of carbonyl (C=O) groups is 1. The Hall–Kier alpha value is -0.650. The molecule has 0 spiro atoms. The second-order valence-electron chi connectivity index (χ2n) is 4.45. The summed E-state index contributed by atoms with van der Waals surface area (Å²) in [5, 5.41) is 14.7. The summed E-state index contributed by atoms with van der Waals surface area (Å²) in [6, 6.07) is -0.148. The Morgan fingerprint density at radius 3 is 2.56 bits per heavy atom. The lowest BCUT2D eigenvalue weighted by atomic mass is 10.2. The van der Waals surface area contributed by atoms with E-state index in [0.29, 0.717) is 13.2 Å². The van der Waals surface area contributed by atoms with Crippen LogP contribution in [0.3, 0.4) is 0 Å². The van der Waals surface area contributed by atoms with Gasteiger partial charge in [-0.05, 0) is 32.7 Å². The predicted molar refractivity (Wildman–Crippen MR) is 72.5 cm³/mol. The number of carbonyl (C=O) groups excluding carboxylic acids is 1. The molecule has 0 bridgehead atoms. The van der Waals surface area contributed by atoms with Gasteiger partial charge in [0.05, 0.1) is 6.04 Å². The molecule has 108 valence electrons. The van der Waals surface area contributed by atoms with E-state index in [1.165, 1.54) is 0 Å². The lowest BCUT2D eigenvalue weighted by molar-refractivity contribution is -0.122. The molecule has 0 heterocycles. The monoisotopic (exact) mass is 260 g/mol. The third kappa shape index (κ3) is 10.5. The second kappa shape index (κ2) is 12.8. The van der Waals surface area contributed by atoms with Crippen molar-refractivity contribution in [3.05, 3.63) is 0 Å². The molecule has 0 aliphatic carbocycles. The van der Waals surface area contributed by atoms with Gasteiger partial charge in [0.1, 0.15) is 0 Å². The van der Waals surface area contributed by atoms with E-state index in [4.69, 9.17) is 9.84 Å². The van der Waals surface area contributed by atoms with Crippen LogP contribution in [-0.2, 0) is 9.53 Å². The zero-order valence-electron chi connectivity index (χ0n) is 11.7. The minimum atomic E-state index is -0.148. The van der Waals surface area contributed by atoms with Crippen LogP contribution in [0, 0.1) is 0 Å². The fourth-order valence-electron chi connectivity index (χ4n) is 1.58. The van der Waals surface area contributed by atoms with E-state index in [1.807, 2.05) is 6.92 Å². The van der Waals surface area contributed by atoms with E-state index in [0.717, 1.165) is 38.6 Å². The fourth-order valence-corrected chi connectivity index (χ4v) is 1.58. The van der Waals surface area contributed by atoms with E-state index in [9.17, 15) is 4.79 Å². The second-order valence-corrected chi connectivity index (χ2v) is 4.45. The van der Waals surface area contributed by atoms with Gasteiger partial charge < -0.3 is 20.5 Å². The van der Waals surface area contributed by atoms with Crippen LogP contribution in [0.1, 0.15) is 39.0 Å². The molecule has 0 saturated carbocycles. The van der Waals surface area contributed by atoms with Crippen LogP contribution in [0.25, 0.3) is 0 Å². The van der Waals surface area contributed by atoms with E-state index in [2.05, 4.69) is 10.6 Å². The minimum Gasteiger partial charge on any atom is -0.396 e. The maximum Gasteiger partial charge on any atom is 0.236 e. The Kier molecular flexibility index (Phi) is 12.3. The summed E-state index contributed by atoms with van der Waals surface area (Å²) in [7, 11) is 1.66. The van der Waals surface area contributed by atoms with Crippen molar-refractivity contribution in [2.24, 2.45) is 0 Å². The minimum absolute atomic E-state index is 0.0430. The lowest BCUT2D eigenvalue weighted by Gasteiger charge is -2.13. The normalized spacial score (nSPS) is 12.4. The summed E-state index contributed by atoms with van der Waals surface area (Å²) >= 11 is 0. The fraction of sp³-hybridized carbons (Fsp3) is 0.923. The summed E-state index contributed by atoms with van der Waals surface area (Å²) in [5.41, 5.74) is 0. The molecule has 0 saturated heterocycles. The molecule has 5 heteroatoms. The summed E-state index contributed by atoms with van der Waals surface area (Å²) in [5.74, 6) is 0.0430. The number of hydrogen-bond acceptors (Lipinski definition) is 4. The highest BCUT2D eigenvalue weighted by Crippen LogP contribution is 1.98. The van der Waals surface area contributed by atoms with Crippen LogP contribution in [0.15, 0.2) is 0 Å². The predicted octanol–water partition coefficient (Wildman–Crippen LogP) is 0.670. The Morgan fingerprint density at radius 1 is 1.17 bits per heavy atom. The van der Waals surface area contributed by atoms with E-state index >= 15 is 0 Å². The summed E-state index contributed by atoms with van der Waals surface area (Å²) in [6.45, 7) is 4.33. The molecule has 0 rings (SSSR count). The molecule has 1 atom stereocenters. The van der Waals surface area contributed by atoms with E-state index in [-0.39, 0.29) is 18.6 Å². The van der Waals surface area contributed by atoms with Crippen molar-refractivity contribution >= 4 is 5.91 Å². The van der Waals surface area contributed by atoms with Crippen molar-refractivity contribution in [3.63, 3.8) is 0 Å². The largest absolute Gasteiger partial charge is 0.396 e. The number of amides is 1. The Balaban J connectivity index is 3.38. The molecule has 0 fully saturated rings. The molecule has 0 aliphatic rings. The number of methoxy groups -OCH3 is 1. The van der Waals surface area contributed by atoms with E-state index < -0.39 is 0 Å². The van der Waals surface area contributed by atoms with Gasteiger partial charge in [-0.1, -0.05) is 12.8 Å². The highest BCUT2D eigenvalue weighted by atomic mass is 16.5. The van der Waals surface area contributed by atoms with Crippen LogP contribution in [-0.4, -0.2) is 50.5 Å². The zero-order valence-corrected chi connectivity index (χ0v) is 11.7.